The second-order valence-electron chi connectivity index (χ2n) is 6.88. The van der Waals surface area contributed by atoms with Crippen molar-refractivity contribution in [2.24, 2.45) is 0 Å². The number of alkyl carbamates (subject to hydrolysis) is 1. The maximum atomic E-state index is 12.0. The van der Waals surface area contributed by atoms with Crippen LogP contribution in [0.4, 0.5) is 4.79 Å². The van der Waals surface area contributed by atoms with Gasteiger partial charge in [0.15, 0.2) is 0 Å². The number of nitrogens with zero attached hydrogens (tertiary/aromatic N) is 1. The molecule has 0 saturated carbocycles. The number of hydrogen-bond donors (Lipinski definition) is 1. The fourth-order valence-electron chi connectivity index (χ4n) is 2.34. The van der Waals surface area contributed by atoms with Crippen LogP contribution in [0.1, 0.15) is 31.2 Å². The summed E-state index contributed by atoms with van der Waals surface area (Å²) < 4.78 is 10.0. The number of nitriles is 1. The van der Waals surface area contributed by atoms with Gasteiger partial charge in [-0.3, -0.25) is 0 Å². The van der Waals surface area contributed by atoms with Gasteiger partial charge in [0.2, 0.25) is 0 Å². The summed E-state index contributed by atoms with van der Waals surface area (Å²) in [6.45, 7) is 5.26. The van der Waals surface area contributed by atoms with Crippen molar-refractivity contribution in [1.29, 1.82) is 5.26 Å². The van der Waals surface area contributed by atoms with E-state index in [1.165, 1.54) is 18.4 Å². The van der Waals surface area contributed by atoms with Gasteiger partial charge in [-0.15, -0.1) is 11.3 Å². The third-order valence-corrected chi connectivity index (χ3v) is 4.70. The molecule has 1 aromatic carbocycles. The maximum Gasteiger partial charge on any atom is 0.408 e. The number of carbonyl (C=O) groups excluding carboxylic acids is 2. The number of thiophene rings is 1. The van der Waals surface area contributed by atoms with E-state index in [-0.39, 0.29) is 0 Å². The number of benzene rings is 1. The van der Waals surface area contributed by atoms with Crippen LogP contribution in [0, 0.1) is 11.3 Å². The van der Waals surface area contributed by atoms with E-state index in [9.17, 15) is 9.59 Å². The monoisotopic (exact) mass is 386 g/mol. The molecule has 7 heteroatoms. The van der Waals surface area contributed by atoms with Crippen LogP contribution in [0.15, 0.2) is 36.4 Å². The molecular weight excluding hydrogens is 364 g/mol. The Morgan fingerprint density at radius 1 is 1.19 bits per heavy atom. The average Bonchev–Trinajstić information content (AvgIpc) is 3.07. The van der Waals surface area contributed by atoms with E-state index in [0.29, 0.717) is 12.0 Å². The smallest absolute Gasteiger partial charge is 0.408 e. The van der Waals surface area contributed by atoms with Gasteiger partial charge in [0.05, 0.1) is 18.7 Å². The zero-order chi connectivity index (χ0) is 20.0. The van der Waals surface area contributed by atoms with Crippen LogP contribution in [0.25, 0.3) is 10.4 Å². The van der Waals surface area contributed by atoms with Crippen LogP contribution in [0.2, 0.25) is 0 Å². The highest BCUT2D eigenvalue weighted by atomic mass is 32.1. The standard InChI is InChI=1S/C20H22N2O4S/c1-20(2,3)26-19(24)22-16(18(23)25-4)11-15-9-10-17(27-15)14-7-5-13(12-21)6-8-14/h5-10,16H,11H2,1-4H3,(H,22,24). The molecule has 0 bridgehead atoms. The molecule has 1 N–H and O–H groups in total. The van der Waals surface area contributed by atoms with Crippen LogP contribution < -0.4 is 5.32 Å². The third-order valence-electron chi connectivity index (χ3n) is 3.54. The highest BCUT2D eigenvalue weighted by Crippen LogP contribution is 2.29. The summed E-state index contributed by atoms with van der Waals surface area (Å²) >= 11 is 1.51. The molecule has 0 aliphatic rings. The molecule has 2 rings (SSSR count). The van der Waals surface area contributed by atoms with Gasteiger partial charge in [-0.25, -0.2) is 9.59 Å². The summed E-state index contributed by atoms with van der Waals surface area (Å²) in [6, 6.07) is 12.4. The minimum atomic E-state index is -0.836. The Morgan fingerprint density at radius 2 is 1.85 bits per heavy atom. The van der Waals surface area contributed by atoms with Crippen LogP contribution in [-0.4, -0.2) is 30.8 Å². The van der Waals surface area contributed by atoms with Crippen molar-refractivity contribution >= 4 is 23.4 Å². The van der Waals surface area contributed by atoms with E-state index in [1.54, 1.807) is 32.9 Å². The Labute approximate surface area is 162 Å². The second-order valence-corrected chi connectivity index (χ2v) is 8.05. The summed E-state index contributed by atoms with van der Waals surface area (Å²) in [7, 11) is 1.28. The Morgan fingerprint density at radius 3 is 2.41 bits per heavy atom. The van der Waals surface area contributed by atoms with Crippen LogP contribution in [0.5, 0.6) is 0 Å². The van der Waals surface area contributed by atoms with E-state index < -0.39 is 23.7 Å². The van der Waals surface area contributed by atoms with Gasteiger partial charge >= 0.3 is 12.1 Å². The van der Waals surface area contributed by atoms with Crippen molar-refractivity contribution < 1.29 is 19.1 Å². The number of nitrogens with one attached hydrogen (secondary N) is 1. The Bertz CT molecular complexity index is 844. The molecule has 0 saturated heterocycles. The highest BCUT2D eigenvalue weighted by molar-refractivity contribution is 7.15. The summed E-state index contributed by atoms with van der Waals surface area (Å²) in [5.74, 6) is -0.533. The lowest BCUT2D eigenvalue weighted by molar-refractivity contribution is -0.143. The lowest BCUT2D eigenvalue weighted by Gasteiger charge is -2.22. The van der Waals surface area contributed by atoms with Crippen molar-refractivity contribution in [2.75, 3.05) is 7.11 Å². The number of carbonyl (C=O) groups is 2. The molecule has 1 atom stereocenters. The van der Waals surface area contributed by atoms with Crippen LogP contribution >= 0.6 is 11.3 Å². The van der Waals surface area contributed by atoms with Crippen molar-refractivity contribution in [1.82, 2.24) is 5.32 Å². The normalized spacial score (nSPS) is 12.0. The van der Waals surface area contributed by atoms with Gasteiger partial charge in [0, 0.05) is 16.2 Å². The predicted octanol–water partition coefficient (Wildman–Crippen LogP) is 3.90. The van der Waals surface area contributed by atoms with Crippen LogP contribution in [0.3, 0.4) is 0 Å². The number of hydrogen-bond acceptors (Lipinski definition) is 6. The fourth-order valence-corrected chi connectivity index (χ4v) is 3.40. The van der Waals surface area contributed by atoms with Gasteiger partial charge in [0.25, 0.3) is 0 Å². The van der Waals surface area contributed by atoms with Crippen LogP contribution in [-0.2, 0) is 20.7 Å². The van der Waals surface area contributed by atoms with Gasteiger partial charge in [-0.05, 0) is 50.6 Å². The van der Waals surface area contributed by atoms with E-state index in [4.69, 9.17) is 14.7 Å². The Hall–Kier alpha value is -2.85. The molecule has 1 unspecified atom stereocenters. The Kier molecular flexibility index (Phi) is 6.59. The van der Waals surface area contributed by atoms with Crippen molar-refractivity contribution in [3.05, 3.63) is 46.8 Å². The number of esters is 1. The topological polar surface area (TPSA) is 88.4 Å². The lowest BCUT2D eigenvalue weighted by Crippen LogP contribution is -2.45. The van der Waals surface area contributed by atoms with Gasteiger partial charge < -0.3 is 14.8 Å². The quantitative estimate of drug-likeness (QED) is 0.788. The second kappa shape index (κ2) is 8.69. The first-order valence-electron chi connectivity index (χ1n) is 8.38. The summed E-state index contributed by atoms with van der Waals surface area (Å²) in [5.41, 5.74) is 0.930. The first kappa shape index (κ1) is 20.5. The van der Waals surface area contributed by atoms with Gasteiger partial charge in [-0.2, -0.15) is 5.26 Å². The molecule has 0 aliphatic heterocycles. The minimum absolute atomic E-state index is 0.298. The molecule has 1 aromatic heterocycles. The average molecular weight is 386 g/mol. The third kappa shape index (κ3) is 6.12. The van der Waals surface area contributed by atoms with Gasteiger partial charge in [0.1, 0.15) is 11.6 Å². The summed E-state index contributed by atoms with van der Waals surface area (Å²) in [5, 5.41) is 11.5. The largest absolute Gasteiger partial charge is 0.467 e. The molecule has 0 spiro atoms. The molecule has 0 fully saturated rings. The van der Waals surface area contributed by atoms with Crippen molar-refractivity contribution in [3.8, 4) is 16.5 Å². The number of methoxy groups -OCH3 is 1. The molecule has 0 aliphatic carbocycles. The van der Waals surface area contributed by atoms with E-state index >= 15 is 0 Å². The highest BCUT2D eigenvalue weighted by Gasteiger charge is 2.25. The molecule has 0 radical (unpaired) electrons. The zero-order valence-electron chi connectivity index (χ0n) is 15.7. The molecule has 2 aromatic rings. The lowest BCUT2D eigenvalue weighted by atomic mass is 10.1. The molecule has 1 heterocycles. The van der Waals surface area contributed by atoms with Gasteiger partial charge in [-0.1, -0.05) is 12.1 Å². The first-order chi connectivity index (χ1) is 12.7. The zero-order valence-corrected chi connectivity index (χ0v) is 16.6. The maximum absolute atomic E-state index is 12.0. The number of ether oxygens (including phenoxy) is 2. The summed E-state index contributed by atoms with van der Waals surface area (Å²) in [4.78, 5) is 26.0. The molecular formula is C20H22N2O4S. The van der Waals surface area contributed by atoms with E-state index in [1.807, 2.05) is 24.3 Å². The minimum Gasteiger partial charge on any atom is -0.467 e. The number of rotatable bonds is 5. The van der Waals surface area contributed by atoms with Crippen molar-refractivity contribution in [3.63, 3.8) is 0 Å². The first-order valence-corrected chi connectivity index (χ1v) is 9.20. The fraction of sp³-hybridized carbons (Fsp3) is 0.350. The molecule has 1 amide bonds. The Balaban J connectivity index is 2.11. The van der Waals surface area contributed by atoms with E-state index in [0.717, 1.165) is 15.3 Å². The molecule has 27 heavy (non-hydrogen) atoms. The molecule has 142 valence electrons. The molecule has 6 nitrogen and oxygen atoms in total. The van der Waals surface area contributed by atoms with E-state index in [2.05, 4.69) is 11.4 Å². The predicted molar refractivity (Wildman–Crippen MR) is 103 cm³/mol. The van der Waals surface area contributed by atoms with Crippen molar-refractivity contribution in [2.45, 2.75) is 38.8 Å². The number of amides is 1. The summed E-state index contributed by atoms with van der Waals surface area (Å²) in [6.07, 6.45) is -0.367. The SMILES string of the molecule is COC(=O)C(Cc1ccc(-c2ccc(C#N)cc2)s1)NC(=O)OC(C)(C)C.